The Labute approximate surface area is 138 Å². The molecule has 0 aromatic carbocycles. The van der Waals surface area contributed by atoms with E-state index in [2.05, 4.69) is 0 Å². The third-order valence-corrected chi connectivity index (χ3v) is 0. The van der Waals surface area contributed by atoms with Crippen LogP contribution in [0, 0.1) is 0 Å². The SMILES string of the molecule is [Al+3].[Co+2].[Ni+2].[OH-].[OH-].[OH-].[OH-].[OH-].[OH-].[OH-].[OH-].[OH-].[OH-].[OH-].[OH-].[Ta+5]. The Morgan fingerprint density at radius 3 is 0.312 bits per heavy atom. The van der Waals surface area contributed by atoms with E-state index in [1.165, 1.54) is 0 Å². The average Bonchev–Trinajstić information content (AvgIpc) is 0. The predicted octanol–water partition coefficient (Wildman–Crippen LogP) is -2.51. The minimum atomic E-state index is 0. The summed E-state index contributed by atoms with van der Waals surface area (Å²) in [5.41, 5.74) is 0. The van der Waals surface area contributed by atoms with Gasteiger partial charge in [-0.1, -0.05) is 0 Å². The summed E-state index contributed by atoms with van der Waals surface area (Å²) in [6.07, 6.45) is 0. The largest absolute Gasteiger partial charge is 5.00 e. The van der Waals surface area contributed by atoms with E-state index in [9.17, 15) is 0 Å². The molecule has 12 nitrogen and oxygen atoms in total. The molecule has 16 heavy (non-hydrogen) atoms. The first-order valence-electron chi connectivity index (χ1n) is 0. The topological polar surface area (TPSA) is 360 Å². The molecule has 0 saturated heterocycles. The molecular weight excluding hydrogens is 518 g/mol. The summed E-state index contributed by atoms with van der Waals surface area (Å²) in [7, 11) is 0. The summed E-state index contributed by atoms with van der Waals surface area (Å²) in [5, 5.41) is 0. The molecule has 0 aromatic rings. The van der Waals surface area contributed by atoms with E-state index in [0.717, 1.165) is 0 Å². The molecule has 0 saturated carbocycles. The van der Waals surface area contributed by atoms with E-state index in [0.29, 0.717) is 0 Å². The van der Waals surface area contributed by atoms with E-state index in [4.69, 9.17) is 0 Å². The number of rotatable bonds is 0. The van der Waals surface area contributed by atoms with Crippen molar-refractivity contribution in [3.63, 3.8) is 0 Å². The van der Waals surface area contributed by atoms with Crippen molar-refractivity contribution in [1.29, 1.82) is 0 Å². The van der Waals surface area contributed by atoms with Gasteiger partial charge in [0.15, 0.2) is 0 Å². The third-order valence-electron chi connectivity index (χ3n) is 0. The van der Waals surface area contributed by atoms with Crippen molar-refractivity contribution in [2.24, 2.45) is 0 Å². The van der Waals surface area contributed by atoms with Crippen molar-refractivity contribution in [3.05, 3.63) is 0 Å². The fourth-order valence-corrected chi connectivity index (χ4v) is 0. The zero-order valence-electron chi connectivity index (χ0n) is 7.04. The van der Waals surface area contributed by atoms with Crippen LogP contribution in [0.15, 0.2) is 0 Å². The van der Waals surface area contributed by atoms with Gasteiger partial charge in [0.1, 0.15) is 0 Å². The normalized spacial score (nSPS) is 0. The van der Waals surface area contributed by atoms with Gasteiger partial charge in [0, 0.05) is 0 Å². The summed E-state index contributed by atoms with van der Waals surface area (Å²) in [6, 6.07) is 0. The summed E-state index contributed by atoms with van der Waals surface area (Å²) < 4.78 is 0. The van der Waals surface area contributed by atoms with Crippen LogP contribution in [0.2, 0.25) is 0 Å². The van der Waals surface area contributed by atoms with E-state index >= 15 is 0 Å². The van der Waals surface area contributed by atoms with Crippen LogP contribution >= 0.6 is 0 Å². The summed E-state index contributed by atoms with van der Waals surface area (Å²) in [5.74, 6) is 0. The van der Waals surface area contributed by atoms with Crippen molar-refractivity contribution in [2.75, 3.05) is 0 Å². The predicted molar refractivity (Wildman–Crippen MR) is 29.0 cm³/mol. The monoisotopic (exact) mass is 529 g/mol. The van der Waals surface area contributed by atoms with Gasteiger partial charge in [-0.2, -0.15) is 0 Å². The van der Waals surface area contributed by atoms with Crippen LogP contribution < -0.4 is 0 Å². The first-order valence-corrected chi connectivity index (χ1v) is 0. The van der Waals surface area contributed by atoms with Gasteiger partial charge in [-0.05, 0) is 0 Å². The standard InChI is InChI=1S/Al.Co.Ni.12H2O.Ta/h;;;12*1H2;/q+3;2*+2;;;;;;;;;;;;;+5/p-12. The molecule has 0 aliphatic carbocycles. The molecule has 0 aliphatic rings. The van der Waals surface area contributed by atoms with Crippen LogP contribution in [-0.2, 0) is 55.7 Å². The van der Waals surface area contributed by atoms with Crippen LogP contribution in [0.25, 0.3) is 0 Å². The van der Waals surface area contributed by atoms with Crippen molar-refractivity contribution < 1.29 is 121 Å². The first kappa shape index (κ1) is 1560. The maximum Gasteiger partial charge on any atom is 5.00 e. The maximum atomic E-state index is 0. The Balaban J connectivity index is 0. The zero-order chi connectivity index (χ0) is 0. The Morgan fingerprint density at radius 2 is 0.312 bits per heavy atom. The molecule has 0 aromatic heterocycles. The van der Waals surface area contributed by atoms with Gasteiger partial charge in [-0.15, -0.1) is 0 Å². The van der Waals surface area contributed by atoms with Crippen molar-refractivity contribution >= 4 is 17.4 Å². The van der Waals surface area contributed by atoms with Gasteiger partial charge >= 0.3 is 73.0 Å². The average molecular weight is 530 g/mol. The Hall–Kier alpha value is 1.79. The molecule has 0 bridgehead atoms. The van der Waals surface area contributed by atoms with Crippen LogP contribution in [0.3, 0.4) is 0 Å². The summed E-state index contributed by atoms with van der Waals surface area (Å²) in [6.45, 7) is 0. The molecule has 111 valence electrons. The van der Waals surface area contributed by atoms with E-state index < -0.39 is 0 Å². The van der Waals surface area contributed by atoms with Gasteiger partial charge in [-0.25, -0.2) is 0 Å². The Bertz CT molecular complexity index is 21.0. The minimum absolute atomic E-state index is 0. The van der Waals surface area contributed by atoms with E-state index in [1.54, 1.807) is 0 Å². The van der Waals surface area contributed by atoms with Gasteiger partial charge in [0.2, 0.25) is 0 Å². The molecule has 1 radical (unpaired) electrons. The summed E-state index contributed by atoms with van der Waals surface area (Å²) in [4.78, 5) is 0. The number of hydrogen-bond donors (Lipinski definition) is 0. The molecule has 16 heteroatoms. The maximum absolute atomic E-state index is 0. The molecule has 0 atom stereocenters. The van der Waals surface area contributed by atoms with E-state index in [1.807, 2.05) is 0 Å². The van der Waals surface area contributed by atoms with Crippen molar-refractivity contribution in [1.82, 2.24) is 0 Å². The molecule has 0 amide bonds. The van der Waals surface area contributed by atoms with E-state index in [-0.39, 0.29) is 139 Å². The Morgan fingerprint density at radius 1 is 0.312 bits per heavy atom. The third kappa shape index (κ3) is 1080. The molecule has 0 fully saturated rings. The molecule has 0 aliphatic heterocycles. The second-order valence-corrected chi connectivity index (χ2v) is 0. The van der Waals surface area contributed by atoms with Gasteiger partial charge in [0.25, 0.3) is 0 Å². The van der Waals surface area contributed by atoms with Crippen LogP contribution in [0.5, 0.6) is 0 Å². The van der Waals surface area contributed by atoms with Crippen LogP contribution in [0.1, 0.15) is 0 Å². The second kappa shape index (κ2) is 1300. The summed E-state index contributed by atoms with van der Waals surface area (Å²) >= 11 is 0. The Kier molecular flexibility index (Phi) is 127000. The van der Waals surface area contributed by atoms with Crippen molar-refractivity contribution in [2.45, 2.75) is 0 Å². The number of hydrogen-bond acceptors (Lipinski definition) is 12. The second-order valence-electron chi connectivity index (χ2n) is 0. The van der Waals surface area contributed by atoms with Crippen LogP contribution in [0.4, 0.5) is 0 Å². The zero-order valence-corrected chi connectivity index (χ0v) is 13.4. The fourth-order valence-electron chi connectivity index (χ4n) is 0. The van der Waals surface area contributed by atoms with Gasteiger partial charge in [-0.3, -0.25) is 0 Å². The molecule has 0 spiro atoms. The van der Waals surface area contributed by atoms with Gasteiger partial charge in [0.05, 0.1) is 0 Å². The van der Waals surface area contributed by atoms with Crippen molar-refractivity contribution in [3.8, 4) is 0 Å². The minimum Gasteiger partial charge on any atom is -0.870 e. The smallest absolute Gasteiger partial charge is 0.870 e. The first-order chi connectivity index (χ1) is 0. The molecule has 0 heterocycles. The van der Waals surface area contributed by atoms with Gasteiger partial charge < -0.3 is 65.7 Å². The molecule has 0 unspecified atom stereocenters. The molecule has 12 N–H and O–H groups in total. The van der Waals surface area contributed by atoms with Crippen LogP contribution in [-0.4, -0.2) is 83.1 Å². The molecule has 0 rings (SSSR count). The quantitative estimate of drug-likeness (QED) is 0.293. The fraction of sp³-hybridized carbons (Fsp3) is 0. The molecular formula is H12AlCoNiO12Ta.